The fourth-order valence-electron chi connectivity index (χ4n) is 1.28. The first-order chi connectivity index (χ1) is 7.63. The van der Waals surface area contributed by atoms with Gasteiger partial charge >= 0.3 is 0 Å². The molecule has 2 heterocycles. The third-order valence-electron chi connectivity index (χ3n) is 1.93. The van der Waals surface area contributed by atoms with E-state index in [1.54, 1.807) is 18.3 Å². The van der Waals surface area contributed by atoms with E-state index < -0.39 is 0 Å². The SMILES string of the molecule is Cc1cc(Nc2ccc(N)nc2)nc(N)n1. The number of pyridine rings is 1. The van der Waals surface area contributed by atoms with Gasteiger partial charge in [-0.3, -0.25) is 0 Å². The van der Waals surface area contributed by atoms with Crippen molar-refractivity contribution in [2.75, 3.05) is 16.8 Å². The second-order valence-electron chi connectivity index (χ2n) is 3.35. The molecule has 0 aliphatic rings. The summed E-state index contributed by atoms with van der Waals surface area (Å²) in [7, 11) is 0. The van der Waals surface area contributed by atoms with E-state index in [-0.39, 0.29) is 5.95 Å². The van der Waals surface area contributed by atoms with Crippen LogP contribution >= 0.6 is 0 Å². The van der Waals surface area contributed by atoms with Gasteiger partial charge in [-0.1, -0.05) is 0 Å². The molecule has 0 amide bonds. The third kappa shape index (κ3) is 2.35. The predicted octanol–water partition coefficient (Wildman–Crippen LogP) is 1.09. The quantitative estimate of drug-likeness (QED) is 0.694. The van der Waals surface area contributed by atoms with Crippen LogP contribution in [0.15, 0.2) is 24.4 Å². The normalized spacial score (nSPS) is 10.1. The number of rotatable bonds is 2. The summed E-state index contributed by atoms with van der Waals surface area (Å²) >= 11 is 0. The Morgan fingerprint density at radius 3 is 2.62 bits per heavy atom. The maximum Gasteiger partial charge on any atom is 0.222 e. The molecule has 0 bridgehead atoms. The van der Waals surface area contributed by atoms with Gasteiger partial charge < -0.3 is 16.8 Å². The van der Waals surface area contributed by atoms with Crippen LogP contribution in [-0.2, 0) is 0 Å². The lowest BCUT2D eigenvalue weighted by Gasteiger charge is -2.06. The van der Waals surface area contributed by atoms with Gasteiger partial charge in [0, 0.05) is 11.8 Å². The average Bonchev–Trinajstić information content (AvgIpc) is 2.20. The highest BCUT2D eigenvalue weighted by atomic mass is 15.1. The molecule has 0 radical (unpaired) electrons. The summed E-state index contributed by atoms with van der Waals surface area (Å²) < 4.78 is 0. The van der Waals surface area contributed by atoms with Crippen LogP contribution in [0.1, 0.15) is 5.69 Å². The standard InChI is InChI=1S/C10H12N6/c1-6-4-9(16-10(12)14-6)15-7-2-3-8(11)13-5-7/h2-5H,1H3,(H2,11,13)(H3,12,14,15,16). The van der Waals surface area contributed by atoms with E-state index in [1.807, 2.05) is 13.0 Å². The van der Waals surface area contributed by atoms with E-state index in [4.69, 9.17) is 11.5 Å². The highest BCUT2D eigenvalue weighted by Crippen LogP contribution is 2.15. The zero-order chi connectivity index (χ0) is 11.5. The molecule has 82 valence electrons. The number of hydrogen-bond donors (Lipinski definition) is 3. The average molecular weight is 216 g/mol. The molecule has 16 heavy (non-hydrogen) atoms. The molecule has 0 saturated carbocycles. The summed E-state index contributed by atoms with van der Waals surface area (Å²) in [5, 5.41) is 3.06. The maximum absolute atomic E-state index is 5.54. The summed E-state index contributed by atoms with van der Waals surface area (Å²) in [6, 6.07) is 5.32. The van der Waals surface area contributed by atoms with E-state index in [2.05, 4.69) is 20.3 Å². The van der Waals surface area contributed by atoms with Crippen molar-refractivity contribution in [2.45, 2.75) is 6.92 Å². The van der Waals surface area contributed by atoms with Crippen LogP contribution < -0.4 is 16.8 Å². The van der Waals surface area contributed by atoms with Gasteiger partial charge in [0.25, 0.3) is 0 Å². The molecule has 0 fully saturated rings. The number of nitrogen functional groups attached to an aromatic ring is 2. The topological polar surface area (TPSA) is 103 Å². The number of nitrogens with one attached hydrogen (secondary N) is 1. The van der Waals surface area contributed by atoms with Gasteiger partial charge in [0.15, 0.2) is 0 Å². The Hall–Kier alpha value is -2.37. The highest BCUT2D eigenvalue weighted by Gasteiger charge is 2.00. The zero-order valence-corrected chi connectivity index (χ0v) is 8.81. The molecule has 0 atom stereocenters. The molecule has 2 aromatic rings. The Morgan fingerprint density at radius 1 is 1.19 bits per heavy atom. The molecular weight excluding hydrogens is 204 g/mol. The number of anilines is 4. The first-order valence-electron chi connectivity index (χ1n) is 4.73. The molecule has 0 unspecified atom stereocenters. The molecule has 2 aromatic heterocycles. The van der Waals surface area contributed by atoms with Gasteiger partial charge in [0.2, 0.25) is 5.95 Å². The van der Waals surface area contributed by atoms with Crippen molar-refractivity contribution in [1.82, 2.24) is 15.0 Å². The second-order valence-corrected chi connectivity index (χ2v) is 3.35. The minimum atomic E-state index is 0.242. The minimum absolute atomic E-state index is 0.242. The molecule has 0 spiro atoms. The van der Waals surface area contributed by atoms with Crippen LogP contribution in [0.4, 0.5) is 23.3 Å². The molecule has 0 aliphatic heterocycles. The van der Waals surface area contributed by atoms with Crippen molar-refractivity contribution in [3.05, 3.63) is 30.1 Å². The minimum Gasteiger partial charge on any atom is -0.384 e. The molecule has 6 heteroatoms. The lowest BCUT2D eigenvalue weighted by molar-refractivity contribution is 1.12. The second kappa shape index (κ2) is 4.01. The summed E-state index contributed by atoms with van der Waals surface area (Å²) in [6.45, 7) is 1.85. The Morgan fingerprint density at radius 2 is 2.00 bits per heavy atom. The largest absolute Gasteiger partial charge is 0.384 e. The van der Waals surface area contributed by atoms with Crippen LogP contribution in [-0.4, -0.2) is 15.0 Å². The van der Waals surface area contributed by atoms with Crippen LogP contribution in [0.2, 0.25) is 0 Å². The van der Waals surface area contributed by atoms with Crippen molar-refractivity contribution >= 4 is 23.3 Å². The van der Waals surface area contributed by atoms with E-state index >= 15 is 0 Å². The Labute approximate surface area is 92.7 Å². The lowest BCUT2D eigenvalue weighted by atomic mass is 10.3. The van der Waals surface area contributed by atoms with Crippen molar-refractivity contribution < 1.29 is 0 Å². The molecule has 0 saturated heterocycles. The van der Waals surface area contributed by atoms with Crippen LogP contribution in [0.5, 0.6) is 0 Å². The van der Waals surface area contributed by atoms with Crippen molar-refractivity contribution in [3.8, 4) is 0 Å². The number of hydrogen-bond acceptors (Lipinski definition) is 6. The summed E-state index contributed by atoms with van der Waals surface area (Å²) in [6.07, 6.45) is 1.63. The van der Waals surface area contributed by atoms with Gasteiger partial charge in [0.1, 0.15) is 11.6 Å². The highest BCUT2D eigenvalue weighted by molar-refractivity contribution is 5.57. The Balaban J connectivity index is 2.23. The molecule has 5 N–H and O–H groups in total. The summed E-state index contributed by atoms with van der Waals surface area (Å²) in [5.41, 5.74) is 12.6. The molecule has 0 aromatic carbocycles. The Bertz CT molecular complexity index is 473. The summed E-state index contributed by atoms with van der Waals surface area (Å²) in [5.74, 6) is 1.35. The first kappa shape index (κ1) is 10.2. The predicted molar refractivity (Wildman–Crippen MR) is 63.1 cm³/mol. The fraction of sp³-hybridized carbons (Fsp3) is 0.100. The van der Waals surface area contributed by atoms with E-state index in [1.165, 1.54) is 0 Å². The smallest absolute Gasteiger partial charge is 0.222 e. The number of nitrogens with zero attached hydrogens (tertiary/aromatic N) is 3. The van der Waals surface area contributed by atoms with Crippen molar-refractivity contribution in [1.29, 1.82) is 0 Å². The maximum atomic E-state index is 5.54. The molecule has 0 aliphatic carbocycles. The van der Waals surface area contributed by atoms with Gasteiger partial charge in [0.05, 0.1) is 11.9 Å². The third-order valence-corrected chi connectivity index (χ3v) is 1.93. The van der Waals surface area contributed by atoms with E-state index in [9.17, 15) is 0 Å². The van der Waals surface area contributed by atoms with E-state index in [0.29, 0.717) is 11.6 Å². The van der Waals surface area contributed by atoms with Gasteiger partial charge in [-0.2, -0.15) is 4.98 Å². The van der Waals surface area contributed by atoms with Crippen molar-refractivity contribution in [3.63, 3.8) is 0 Å². The van der Waals surface area contributed by atoms with Crippen LogP contribution in [0.3, 0.4) is 0 Å². The van der Waals surface area contributed by atoms with Crippen molar-refractivity contribution in [2.24, 2.45) is 0 Å². The lowest BCUT2D eigenvalue weighted by Crippen LogP contribution is -2.01. The van der Waals surface area contributed by atoms with Gasteiger partial charge in [-0.25, -0.2) is 9.97 Å². The van der Waals surface area contributed by atoms with Gasteiger partial charge in [-0.05, 0) is 19.1 Å². The van der Waals surface area contributed by atoms with E-state index in [0.717, 1.165) is 11.4 Å². The van der Waals surface area contributed by atoms with Crippen LogP contribution in [0, 0.1) is 6.92 Å². The molecule has 6 nitrogen and oxygen atoms in total. The number of nitrogens with two attached hydrogens (primary N) is 2. The molecular formula is C10H12N6. The first-order valence-corrected chi connectivity index (χ1v) is 4.73. The number of aryl methyl sites for hydroxylation is 1. The van der Waals surface area contributed by atoms with Crippen LogP contribution in [0.25, 0.3) is 0 Å². The monoisotopic (exact) mass is 216 g/mol. The zero-order valence-electron chi connectivity index (χ0n) is 8.81. The van der Waals surface area contributed by atoms with Gasteiger partial charge in [-0.15, -0.1) is 0 Å². The fourth-order valence-corrected chi connectivity index (χ4v) is 1.28. The number of aromatic nitrogens is 3. The molecule has 2 rings (SSSR count). The summed E-state index contributed by atoms with van der Waals surface area (Å²) in [4.78, 5) is 12.0. The Kier molecular flexibility index (Phi) is 2.55.